The number of benzene rings is 8. The van der Waals surface area contributed by atoms with Crippen LogP contribution in [0.25, 0.3) is 49.4 Å². The molecule has 8 aromatic rings. The minimum atomic E-state index is -0.759. The van der Waals surface area contributed by atoms with Gasteiger partial charge in [-0.1, -0.05) is 376 Å². The van der Waals surface area contributed by atoms with Crippen LogP contribution in [-0.4, -0.2) is 27.9 Å². The molecule has 0 radical (unpaired) electrons. The van der Waals surface area contributed by atoms with Crippen LogP contribution in [0.1, 0.15) is 131 Å². The highest BCUT2D eigenvalue weighted by Gasteiger charge is 2.44. The summed E-state index contributed by atoms with van der Waals surface area (Å²) in [7, 11) is 0. The third-order valence-corrected chi connectivity index (χ3v) is 25.9. The molecule has 2 N–H and O–H groups in total. The number of rotatable bonds is 4. The Labute approximate surface area is 662 Å². The van der Waals surface area contributed by atoms with Crippen molar-refractivity contribution in [3.63, 3.8) is 0 Å². The first-order valence-electron chi connectivity index (χ1n) is 41.3. The minimum absolute atomic E-state index is 0.0369. The Bertz CT molecular complexity index is 5170. The monoisotopic (exact) mass is 1460 g/mol. The van der Waals surface area contributed by atoms with Crippen molar-refractivity contribution in [2.24, 2.45) is 71.0 Å². The third-order valence-electron chi connectivity index (χ3n) is 25.9. The molecule has 0 amide bonds. The van der Waals surface area contributed by atoms with Gasteiger partial charge in [0.25, 0.3) is 0 Å². The lowest BCUT2D eigenvalue weighted by atomic mass is 9.59. The summed E-state index contributed by atoms with van der Waals surface area (Å²) >= 11 is 0. The van der Waals surface area contributed by atoms with Gasteiger partial charge in [0.2, 0.25) is 11.6 Å². The molecule has 0 saturated heterocycles. The highest BCUT2D eigenvalue weighted by molar-refractivity contribution is 6.48. The fourth-order valence-electron chi connectivity index (χ4n) is 20.5. The first-order valence-corrected chi connectivity index (χ1v) is 41.3. The van der Waals surface area contributed by atoms with Crippen LogP contribution in [0.3, 0.4) is 0 Å². The van der Waals surface area contributed by atoms with E-state index in [9.17, 15) is 19.8 Å². The van der Waals surface area contributed by atoms with Gasteiger partial charge < -0.3 is 10.2 Å². The highest BCUT2D eigenvalue weighted by atomic mass is 16.3. The number of aliphatic hydroxyl groups excluding tert-OH is 2. The SMILES string of the molecule is C1=CC2C(C3=CCCC=C3)c3ccccc3C(c3ccccc3)C2C=C1.C1=CC2CC3C=CC=CC3CC2C=C1.C1=CC2CC3C=CC=CC3CC2C=C1.C1=CCCC(c2c3ccccc3c(-c3ccccc3)c3ccccc23)=C1.O=C1C(=O)C2CC=CC=C2c2ccccc21.OC1c2ccccc2C2=CC=CCC2C1O. The topological polar surface area (TPSA) is 74.6 Å². The molecule has 0 bridgehead atoms. The minimum Gasteiger partial charge on any atom is -0.389 e. The number of Topliss-reactive ketones (excluding diaryl/α,β-unsaturated/α-hetero) is 2. The average Bonchev–Trinajstić information content (AvgIpc) is 0.737. The molecular weight excluding hydrogens is 1360 g/mol. The summed E-state index contributed by atoms with van der Waals surface area (Å²) in [5.74, 6) is 7.53. The summed E-state index contributed by atoms with van der Waals surface area (Å²) in [6, 6.07) is 63.8. The van der Waals surface area contributed by atoms with E-state index in [2.05, 4.69) is 291 Å². The van der Waals surface area contributed by atoms with Crippen LogP contribution in [-0.2, 0) is 4.79 Å². The molecule has 0 heterocycles. The molecule has 2 saturated carbocycles. The Balaban J connectivity index is 0.0000000995. The number of hydrogen-bond donors (Lipinski definition) is 2. The summed E-state index contributed by atoms with van der Waals surface area (Å²) in [6.45, 7) is 0. The van der Waals surface area contributed by atoms with Crippen molar-refractivity contribution in [3.8, 4) is 11.1 Å². The first-order chi connectivity index (χ1) is 55.3. The standard InChI is InChI=1S/C26H24.C26H20.C14H14O2.C14H10O2.2C14H16/c2*1-3-11-19(12-4-1)25-21-15-7-9-17-23(21)26(20-13-5-2-6-14-20)24-18-10-8-16-22(24)25;2*15-13-11-7-3-1-5-9(11)10-6-2-4-8-12(10)14(13)16;2*1-2-6-12-10-14-8-4-3-7-13(14)9-11(12)5-1/h1,3-5,7-18,21,23,25-26H,2,6H2;1-5,7-13,15-18H,6,14H2;1-7,12-16H,8H2;1-7,12H,8H2;2*1-8,11-14H,9-10H2. The van der Waals surface area contributed by atoms with Gasteiger partial charge in [0, 0.05) is 23.3 Å². The lowest BCUT2D eigenvalue weighted by Gasteiger charge is -2.44. The predicted molar refractivity (Wildman–Crippen MR) is 466 cm³/mol. The molecule has 4 nitrogen and oxygen atoms in total. The lowest BCUT2D eigenvalue weighted by Crippen LogP contribution is -2.33. The van der Waals surface area contributed by atoms with Crippen molar-refractivity contribution in [1.82, 2.24) is 0 Å². The van der Waals surface area contributed by atoms with Crippen LogP contribution < -0.4 is 0 Å². The van der Waals surface area contributed by atoms with Crippen LogP contribution >= 0.6 is 0 Å². The van der Waals surface area contributed by atoms with E-state index in [1.165, 1.54) is 105 Å². The van der Waals surface area contributed by atoms with E-state index in [1.807, 2.05) is 72.9 Å². The summed E-state index contributed by atoms with van der Waals surface area (Å²) < 4.78 is 0. The van der Waals surface area contributed by atoms with Gasteiger partial charge in [-0.2, -0.15) is 0 Å². The largest absolute Gasteiger partial charge is 0.389 e. The molecule has 556 valence electrons. The van der Waals surface area contributed by atoms with E-state index in [0.717, 1.165) is 94.4 Å². The van der Waals surface area contributed by atoms with E-state index < -0.39 is 12.2 Å². The zero-order valence-corrected chi connectivity index (χ0v) is 63.8. The Morgan fingerprint density at radius 1 is 0.339 bits per heavy atom. The molecule has 14 aliphatic rings. The van der Waals surface area contributed by atoms with Gasteiger partial charge in [0.05, 0.1) is 12.0 Å². The molecule has 4 heteroatoms. The number of aliphatic hydroxyl groups is 2. The average molecular weight is 1460 g/mol. The van der Waals surface area contributed by atoms with Crippen LogP contribution in [0.4, 0.5) is 0 Å². The van der Waals surface area contributed by atoms with E-state index >= 15 is 0 Å². The van der Waals surface area contributed by atoms with Crippen molar-refractivity contribution < 1.29 is 19.8 Å². The van der Waals surface area contributed by atoms with Gasteiger partial charge in [0.1, 0.15) is 6.10 Å². The Morgan fingerprint density at radius 3 is 1.30 bits per heavy atom. The molecule has 0 aromatic heterocycles. The van der Waals surface area contributed by atoms with Gasteiger partial charge >= 0.3 is 0 Å². The summed E-state index contributed by atoms with van der Waals surface area (Å²) in [4.78, 5) is 23.8. The first kappa shape index (κ1) is 73.6. The molecule has 112 heavy (non-hydrogen) atoms. The van der Waals surface area contributed by atoms with Gasteiger partial charge in [-0.05, 0) is 217 Å². The fourth-order valence-corrected chi connectivity index (χ4v) is 20.5. The molecule has 16 atom stereocenters. The molecule has 0 aliphatic heterocycles. The van der Waals surface area contributed by atoms with Crippen molar-refractivity contribution in [2.45, 2.75) is 88.3 Å². The van der Waals surface area contributed by atoms with Crippen molar-refractivity contribution in [2.75, 3.05) is 0 Å². The summed E-state index contributed by atoms with van der Waals surface area (Å²) in [5, 5.41) is 25.5. The predicted octanol–water partition coefficient (Wildman–Crippen LogP) is 25.4. The molecule has 22 rings (SSSR count). The molecule has 0 spiro atoms. The second-order valence-corrected chi connectivity index (χ2v) is 32.3. The lowest BCUT2D eigenvalue weighted by molar-refractivity contribution is -0.117. The smallest absolute Gasteiger partial charge is 0.229 e. The van der Waals surface area contributed by atoms with Crippen molar-refractivity contribution in [1.29, 1.82) is 0 Å². The normalized spacial score (nSPS) is 28.6. The van der Waals surface area contributed by atoms with Crippen LogP contribution in [0.5, 0.6) is 0 Å². The zero-order valence-electron chi connectivity index (χ0n) is 63.8. The number of allylic oxidation sites excluding steroid dienone is 35. The fraction of sp³-hybridized carbons (Fsp3) is 0.241. The Morgan fingerprint density at radius 2 is 0.777 bits per heavy atom. The maximum Gasteiger partial charge on any atom is 0.229 e. The summed E-state index contributed by atoms with van der Waals surface area (Å²) in [6.07, 6.45) is 82.1. The molecule has 16 unspecified atom stereocenters. The number of carbonyl (C=O) groups excluding carboxylic acids is 2. The maximum atomic E-state index is 11.9. The van der Waals surface area contributed by atoms with Gasteiger partial charge in [-0.3, -0.25) is 9.59 Å². The maximum absolute atomic E-state index is 11.9. The molecule has 8 aromatic carbocycles. The number of hydrogen-bond acceptors (Lipinski definition) is 4. The Kier molecular flexibility index (Phi) is 22.5. The van der Waals surface area contributed by atoms with E-state index in [0.29, 0.717) is 35.7 Å². The molecular formula is C108H100O4. The second-order valence-electron chi connectivity index (χ2n) is 32.3. The summed E-state index contributed by atoms with van der Waals surface area (Å²) in [5.41, 5.74) is 16.9. The van der Waals surface area contributed by atoms with Gasteiger partial charge in [-0.15, -0.1) is 0 Å². The van der Waals surface area contributed by atoms with E-state index in [4.69, 9.17) is 0 Å². The Hall–Kier alpha value is -11.1. The van der Waals surface area contributed by atoms with Crippen molar-refractivity contribution in [3.05, 3.63) is 427 Å². The van der Waals surface area contributed by atoms with Crippen molar-refractivity contribution >= 4 is 49.8 Å². The number of carbonyl (C=O) groups is 2. The number of ketones is 2. The number of fused-ring (bicyclic) bond motifs is 14. The quantitative estimate of drug-likeness (QED) is 0.136. The second kappa shape index (κ2) is 34.2. The third kappa shape index (κ3) is 15.3. The molecule has 2 fully saturated rings. The van der Waals surface area contributed by atoms with Crippen LogP contribution in [0.2, 0.25) is 0 Å². The van der Waals surface area contributed by atoms with E-state index in [1.54, 1.807) is 12.1 Å². The van der Waals surface area contributed by atoms with Crippen LogP contribution in [0.15, 0.2) is 382 Å². The zero-order chi connectivity index (χ0) is 75.7. The van der Waals surface area contributed by atoms with Crippen LogP contribution in [0, 0.1) is 71.0 Å². The molecule has 14 aliphatic carbocycles. The van der Waals surface area contributed by atoms with Gasteiger partial charge in [0.15, 0.2) is 0 Å². The van der Waals surface area contributed by atoms with Gasteiger partial charge in [-0.25, -0.2) is 0 Å². The van der Waals surface area contributed by atoms with E-state index in [-0.39, 0.29) is 23.4 Å². The highest BCUT2D eigenvalue weighted by Crippen LogP contribution is 2.55.